The van der Waals surface area contributed by atoms with Crippen LogP contribution in [0, 0.1) is 11.8 Å². The van der Waals surface area contributed by atoms with E-state index in [1.807, 2.05) is 42.5 Å². The van der Waals surface area contributed by atoms with Crippen LogP contribution in [-0.4, -0.2) is 36.0 Å². The Kier molecular flexibility index (Phi) is 4.63. The van der Waals surface area contributed by atoms with E-state index in [1.165, 1.54) is 6.92 Å². The zero-order valence-electron chi connectivity index (χ0n) is 17.1. The largest absolute Gasteiger partial charge is 0.360 e. The number of carbonyl (C=O) groups excluding carboxylic acids is 3. The minimum atomic E-state index is -0.771. The number of hydrogen-bond acceptors (Lipinski definition) is 4. The Balaban J connectivity index is 1.34. The van der Waals surface area contributed by atoms with Gasteiger partial charge in [-0.15, -0.1) is 0 Å². The molecule has 2 aromatic carbocycles. The molecule has 7 heteroatoms. The monoisotopic (exact) mass is 417 g/mol. The van der Waals surface area contributed by atoms with Gasteiger partial charge < -0.3 is 20.3 Å². The van der Waals surface area contributed by atoms with Gasteiger partial charge in [-0.2, -0.15) is 0 Å². The first-order valence-corrected chi connectivity index (χ1v) is 10.3. The fourth-order valence-corrected chi connectivity index (χ4v) is 4.85. The average molecular weight is 417 g/mol. The highest BCUT2D eigenvalue weighted by atomic mass is 16.5. The van der Waals surface area contributed by atoms with Crippen molar-refractivity contribution in [1.82, 2.24) is 5.32 Å². The fraction of sp³-hybridized carbons (Fsp3) is 0.292. The molecule has 0 aromatic heterocycles. The standard InChI is InChI=1S/C24H23N3O4/c1-15(28)26-17-7-9-18(10-8-17)27-14-24-12-11-19(31-24)20(21(24)23(27)30)22(29)25-13-16-5-3-2-4-6-16/h2-12,19-21H,13-14H2,1H3,(H,25,29)(H,26,28)/t19-,20-,21+,24-/m1/s1. The summed E-state index contributed by atoms with van der Waals surface area (Å²) >= 11 is 0. The molecule has 0 saturated carbocycles. The molecule has 2 aromatic rings. The molecule has 3 amide bonds. The zero-order valence-corrected chi connectivity index (χ0v) is 17.1. The zero-order chi connectivity index (χ0) is 21.6. The Morgan fingerprint density at radius 3 is 2.58 bits per heavy atom. The van der Waals surface area contributed by atoms with Crippen LogP contribution in [0.1, 0.15) is 12.5 Å². The lowest BCUT2D eigenvalue weighted by Gasteiger charge is -2.23. The Labute approximate surface area is 180 Å². The van der Waals surface area contributed by atoms with E-state index in [1.54, 1.807) is 29.2 Å². The van der Waals surface area contributed by atoms with Gasteiger partial charge in [-0.25, -0.2) is 0 Å². The molecule has 0 radical (unpaired) electrons. The van der Waals surface area contributed by atoms with Gasteiger partial charge in [-0.05, 0) is 29.8 Å². The SMILES string of the molecule is CC(=O)Nc1ccc(N2C[C@@]34C=C[C@@H](O3)[C@@H](C(=O)NCc3ccccc3)[C@H]4C2=O)cc1. The van der Waals surface area contributed by atoms with E-state index in [2.05, 4.69) is 10.6 Å². The van der Waals surface area contributed by atoms with Crippen LogP contribution < -0.4 is 15.5 Å². The number of amides is 3. The number of nitrogens with one attached hydrogen (secondary N) is 2. The number of ether oxygens (including phenoxy) is 1. The van der Waals surface area contributed by atoms with Gasteiger partial charge in [0.25, 0.3) is 0 Å². The molecule has 3 aliphatic heterocycles. The first-order chi connectivity index (χ1) is 15.0. The van der Waals surface area contributed by atoms with Crippen molar-refractivity contribution in [2.75, 3.05) is 16.8 Å². The summed E-state index contributed by atoms with van der Waals surface area (Å²) in [6, 6.07) is 16.8. The smallest absolute Gasteiger partial charge is 0.234 e. The van der Waals surface area contributed by atoms with E-state index < -0.39 is 17.4 Å². The molecule has 2 bridgehead atoms. The van der Waals surface area contributed by atoms with Crippen LogP contribution in [0.25, 0.3) is 0 Å². The van der Waals surface area contributed by atoms with Crippen LogP contribution in [0.2, 0.25) is 0 Å². The number of anilines is 2. The summed E-state index contributed by atoms with van der Waals surface area (Å²) in [5.41, 5.74) is 1.61. The fourth-order valence-electron chi connectivity index (χ4n) is 4.85. The molecule has 2 saturated heterocycles. The predicted octanol–water partition coefficient (Wildman–Crippen LogP) is 2.25. The minimum absolute atomic E-state index is 0.112. The van der Waals surface area contributed by atoms with E-state index >= 15 is 0 Å². The molecule has 4 atom stereocenters. The molecule has 1 spiro atoms. The number of benzene rings is 2. The van der Waals surface area contributed by atoms with E-state index in [0.29, 0.717) is 24.5 Å². The topological polar surface area (TPSA) is 87.7 Å². The maximum absolute atomic E-state index is 13.4. The lowest BCUT2D eigenvalue weighted by atomic mass is 9.77. The summed E-state index contributed by atoms with van der Waals surface area (Å²) in [4.78, 5) is 39.3. The summed E-state index contributed by atoms with van der Waals surface area (Å²) in [5.74, 6) is -1.53. The molecular weight excluding hydrogens is 394 g/mol. The maximum atomic E-state index is 13.4. The van der Waals surface area contributed by atoms with Crippen molar-refractivity contribution in [3.8, 4) is 0 Å². The second kappa shape index (κ2) is 7.35. The third kappa shape index (κ3) is 3.31. The summed E-state index contributed by atoms with van der Waals surface area (Å²) in [5, 5.41) is 5.69. The molecule has 3 heterocycles. The first kappa shape index (κ1) is 19.5. The van der Waals surface area contributed by atoms with E-state index in [-0.39, 0.29) is 23.8 Å². The third-order valence-corrected chi connectivity index (χ3v) is 6.21. The van der Waals surface area contributed by atoms with Crippen molar-refractivity contribution >= 4 is 29.1 Å². The number of fused-ring (bicyclic) bond motifs is 1. The Hall–Kier alpha value is -3.45. The quantitative estimate of drug-likeness (QED) is 0.731. The molecular formula is C24H23N3O4. The van der Waals surface area contributed by atoms with Crippen molar-refractivity contribution < 1.29 is 19.1 Å². The van der Waals surface area contributed by atoms with Crippen LogP contribution in [0.5, 0.6) is 0 Å². The van der Waals surface area contributed by atoms with Crippen molar-refractivity contribution in [3.05, 3.63) is 72.3 Å². The van der Waals surface area contributed by atoms with Gasteiger partial charge in [0, 0.05) is 24.8 Å². The molecule has 158 valence electrons. The van der Waals surface area contributed by atoms with Gasteiger partial charge in [-0.1, -0.05) is 42.5 Å². The highest BCUT2D eigenvalue weighted by molar-refractivity contribution is 6.03. The summed E-state index contributed by atoms with van der Waals surface area (Å²) in [7, 11) is 0. The molecule has 3 aliphatic rings. The van der Waals surface area contributed by atoms with E-state index in [0.717, 1.165) is 5.56 Å². The van der Waals surface area contributed by atoms with Crippen molar-refractivity contribution in [2.24, 2.45) is 11.8 Å². The molecule has 0 aliphatic carbocycles. The van der Waals surface area contributed by atoms with Gasteiger partial charge in [0.05, 0.1) is 24.5 Å². The Bertz CT molecular complexity index is 1070. The van der Waals surface area contributed by atoms with Crippen molar-refractivity contribution in [2.45, 2.75) is 25.2 Å². The number of hydrogen-bond donors (Lipinski definition) is 2. The normalized spacial score (nSPS) is 28.0. The highest BCUT2D eigenvalue weighted by Crippen LogP contribution is 2.52. The van der Waals surface area contributed by atoms with E-state index in [9.17, 15) is 14.4 Å². The maximum Gasteiger partial charge on any atom is 0.234 e. The lowest BCUT2D eigenvalue weighted by molar-refractivity contribution is -0.132. The highest BCUT2D eigenvalue weighted by Gasteiger charge is 2.67. The minimum Gasteiger partial charge on any atom is -0.360 e. The van der Waals surface area contributed by atoms with Crippen molar-refractivity contribution in [1.29, 1.82) is 0 Å². The average Bonchev–Trinajstić information content (AvgIpc) is 3.41. The molecule has 2 fully saturated rings. The molecule has 0 unspecified atom stereocenters. The summed E-state index contributed by atoms with van der Waals surface area (Å²) < 4.78 is 6.18. The van der Waals surface area contributed by atoms with Gasteiger partial charge >= 0.3 is 0 Å². The van der Waals surface area contributed by atoms with Crippen LogP contribution in [0.4, 0.5) is 11.4 Å². The third-order valence-electron chi connectivity index (χ3n) is 6.21. The molecule has 7 nitrogen and oxygen atoms in total. The van der Waals surface area contributed by atoms with Crippen LogP contribution >= 0.6 is 0 Å². The molecule has 2 N–H and O–H groups in total. The van der Waals surface area contributed by atoms with Crippen LogP contribution in [-0.2, 0) is 25.7 Å². The van der Waals surface area contributed by atoms with Crippen LogP contribution in [0.15, 0.2) is 66.7 Å². The summed E-state index contributed by atoms with van der Waals surface area (Å²) in [6.07, 6.45) is 3.46. The summed E-state index contributed by atoms with van der Waals surface area (Å²) in [6.45, 7) is 2.22. The van der Waals surface area contributed by atoms with Crippen molar-refractivity contribution in [3.63, 3.8) is 0 Å². The van der Waals surface area contributed by atoms with E-state index in [4.69, 9.17) is 4.74 Å². The lowest BCUT2D eigenvalue weighted by Crippen LogP contribution is -2.43. The predicted molar refractivity (Wildman–Crippen MR) is 115 cm³/mol. The first-order valence-electron chi connectivity index (χ1n) is 10.3. The van der Waals surface area contributed by atoms with Gasteiger partial charge in [0.1, 0.15) is 5.60 Å². The Morgan fingerprint density at radius 1 is 1.13 bits per heavy atom. The van der Waals surface area contributed by atoms with Gasteiger partial charge in [0.2, 0.25) is 17.7 Å². The number of carbonyl (C=O) groups is 3. The second-order valence-electron chi connectivity index (χ2n) is 8.26. The molecule has 31 heavy (non-hydrogen) atoms. The number of nitrogens with zero attached hydrogens (tertiary/aromatic N) is 1. The molecule has 5 rings (SSSR count). The van der Waals surface area contributed by atoms with Gasteiger partial charge in [-0.3, -0.25) is 14.4 Å². The second-order valence-corrected chi connectivity index (χ2v) is 8.26. The van der Waals surface area contributed by atoms with Gasteiger partial charge in [0.15, 0.2) is 0 Å². The number of rotatable bonds is 5. The Morgan fingerprint density at radius 2 is 1.87 bits per heavy atom. The van der Waals surface area contributed by atoms with Crippen LogP contribution in [0.3, 0.4) is 0 Å².